The van der Waals surface area contributed by atoms with Crippen LogP contribution in [0.5, 0.6) is 5.75 Å². The lowest BCUT2D eigenvalue weighted by molar-refractivity contribution is 0.413. The minimum atomic E-state index is -0.327. The molecule has 0 amide bonds. The highest BCUT2D eigenvalue weighted by molar-refractivity contribution is 9.10. The van der Waals surface area contributed by atoms with Crippen LogP contribution >= 0.6 is 23.9 Å². The average molecular weight is 717 g/mol. The topological polar surface area (TPSA) is 96.3 Å². The molecule has 0 aliphatic heterocycles. The molecule has 3 heterocycles. The molecule has 0 atom stereocenters. The van der Waals surface area contributed by atoms with E-state index in [1.807, 2.05) is 24.1 Å². The standard InChI is InChI=1S/C35H43BrN9OP/c1-43(2)14-15-44(3)31-18-32(46-5)30(17-26(31)23-19-38-45(4)21-23)41-35-37-20-27(36)34(42-35)39-24-10-12-29-25(33(16-24)47(6)7)11-13-28(40-29)22-8-9-22/h10-13,17-22H,8-9,14-16H2,1-7H3,(H2,37,39,41,42). The number of nitrogens with zero attached hydrogens (tertiary/aromatic N) is 7. The number of pyridine rings is 1. The Kier molecular flexibility index (Phi) is 9.96. The lowest BCUT2D eigenvalue weighted by atomic mass is 10.0. The number of methoxy groups -OCH3 is 1. The first kappa shape index (κ1) is 33.1. The summed E-state index contributed by atoms with van der Waals surface area (Å²) in [5.74, 6) is 2.45. The number of likely N-dealkylation sites (N-methyl/N-ethyl adjacent to an activating group) is 2. The van der Waals surface area contributed by atoms with E-state index >= 15 is 0 Å². The third-order valence-corrected chi connectivity index (χ3v) is 10.5. The van der Waals surface area contributed by atoms with Crippen LogP contribution in [0.1, 0.15) is 30.9 Å². The summed E-state index contributed by atoms with van der Waals surface area (Å²) in [5, 5.41) is 15.2. The zero-order valence-corrected chi connectivity index (χ0v) is 30.7. The van der Waals surface area contributed by atoms with E-state index in [1.54, 1.807) is 13.3 Å². The molecule has 2 N–H and O–H groups in total. The number of hydrogen-bond donors (Lipinski definition) is 2. The summed E-state index contributed by atoms with van der Waals surface area (Å²) in [6.45, 7) is 6.40. The predicted molar refractivity (Wildman–Crippen MR) is 198 cm³/mol. The minimum Gasteiger partial charge on any atom is -0.494 e. The first-order valence-electron chi connectivity index (χ1n) is 15.8. The lowest BCUT2D eigenvalue weighted by Gasteiger charge is -2.25. The summed E-state index contributed by atoms with van der Waals surface area (Å²) in [5.41, 5.74) is 6.14. The van der Waals surface area contributed by atoms with E-state index < -0.39 is 0 Å². The molecule has 2 aliphatic carbocycles. The van der Waals surface area contributed by atoms with Gasteiger partial charge in [0.1, 0.15) is 11.6 Å². The van der Waals surface area contributed by atoms with Gasteiger partial charge in [0.15, 0.2) is 0 Å². The van der Waals surface area contributed by atoms with Gasteiger partial charge in [0, 0.05) is 91.4 Å². The van der Waals surface area contributed by atoms with E-state index in [-0.39, 0.29) is 7.92 Å². The smallest absolute Gasteiger partial charge is 0.229 e. The summed E-state index contributed by atoms with van der Waals surface area (Å²) in [7, 11) is 9.55. The van der Waals surface area contributed by atoms with Gasteiger partial charge in [-0.25, -0.2) is 4.98 Å². The van der Waals surface area contributed by atoms with Crippen LogP contribution in [-0.4, -0.2) is 84.3 Å². The number of aromatic nitrogens is 5. The molecule has 10 nitrogen and oxygen atoms in total. The van der Waals surface area contributed by atoms with Crippen LogP contribution in [0.2, 0.25) is 0 Å². The summed E-state index contributed by atoms with van der Waals surface area (Å²) >= 11 is 3.68. The number of aryl methyl sites for hydroxylation is 1. The van der Waals surface area contributed by atoms with Gasteiger partial charge in [-0.05, 0) is 85.8 Å². The van der Waals surface area contributed by atoms with Gasteiger partial charge in [0.25, 0.3) is 0 Å². The van der Waals surface area contributed by atoms with E-state index in [0.29, 0.717) is 23.4 Å². The number of fused-ring (bicyclic) bond motifs is 1. The molecule has 1 aromatic carbocycles. The molecule has 0 saturated heterocycles. The highest BCUT2D eigenvalue weighted by Gasteiger charge is 2.25. The van der Waals surface area contributed by atoms with Gasteiger partial charge < -0.3 is 25.2 Å². The highest BCUT2D eigenvalue weighted by atomic mass is 79.9. The Hall–Kier alpha value is -3.79. The summed E-state index contributed by atoms with van der Waals surface area (Å²) in [6, 6.07) is 8.66. The van der Waals surface area contributed by atoms with Crippen LogP contribution in [-0.2, 0) is 7.05 Å². The maximum Gasteiger partial charge on any atom is 0.229 e. The fourth-order valence-electron chi connectivity index (χ4n) is 5.67. The molecule has 0 bridgehead atoms. The SMILES string of the molecule is COc1cc(N(C)CCN(C)C)c(-c2cnn(C)c2)cc1Nc1ncc(Br)c(NC2=CC=c3nc(C4CC4)ccc3=C(P(C)C)C2)n1. The molecule has 1 fully saturated rings. The van der Waals surface area contributed by atoms with Crippen LogP contribution in [0.25, 0.3) is 22.5 Å². The molecule has 0 spiro atoms. The van der Waals surface area contributed by atoms with Crippen molar-refractivity contribution < 1.29 is 4.74 Å². The molecule has 1 saturated carbocycles. The van der Waals surface area contributed by atoms with Crippen molar-refractivity contribution in [2.45, 2.75) is 25.2 Å². The Labute approximate surface area is 286 Å². The zero-order valence-electron chi connectivity index (χ0n) is 28.2. The Balaban J connectivity index is 1.31. The number of hydrogen-bond acceptors (Lipinski definition) is 9. The van der Waals surface area contributed by atoms with E-state index in [4.69, 9.17) is 14.7 Å². The number of benzene rings is 1. The molecule has 6 rings (SSSR count). The third kappa shape index (κ3) is 7.69. The monoisotopic (exact) mass is 715 g/mol. The first-order valence-corrected chi connectivity index (χ1v) is 18.8. The number of halogens is 1. The summed E-state index contributed by atoms with van der Waals surface area (Å²) in [6.07, 6.45) is 13.3. The largest absolute Gasteiger partial charge is 0.494 e. The quantitative estimate of drug-likeness (QED) is 0.179. The van der Waals surface area contributed by atoms with Gasteiger partial charge in [-0.3, -0.25) is 9.67 Å². The molecular formula is C35H43BrN9OP. The molecular weight excluding hydrogens is 673 g/mol. The van der Waals surface area contributed by atoms with Crippen molar-refractivity contribution in [3.63, 3.8) is 0 Å². The lowest BCUT2D eigenvalue weighted by Crippen LogP contribution is -2.30. The van der Waals surface area contributed by atoms with Crippen LogP contribution in [0.4, 0.5) is 23.1 Å². The van der Waals surface area contributed by atoms with Gasteiger partial charge >= 0.3 is 0 Å². The van der Waals surface area contributed by atoms with Gasteiger partial charge in [-0.1, -0.05) is 14.0 Å². The van der Waals surface area contributed by atoms with Gasteiger partial charge in [-0.15, -0.1) is 0 Å². The number of rotatable bonds is 12. The third-order valence-electron chi connectivity index (χ3n) is 8.49. The maximum absolute atomic E-state index is 5.89. The highest BCUT2D eigenvalue weighted by Crippen LogP contribution is 2.43. The molecule has 246 valence electrons. The Morgan fingerprint density at radius 3 is 2.53 bits per heavy atom. The second-order valence-electron chi connectivity index (χ2n) is 12.7. The summed E-state index contributed by atoms with van der Waals surface area (Å²) < 4.78 is 8.48. The van der Waals surface area contributed by atoms with Crippen molar-refractivity contribution in [3.05, 3.63) is 75.4 Å². The average Bonchev–Trinajstić information content (AvgIpc) is 3.84. The van der Waals surface area contributed by atoms with Crippen molar-refractivity contribution in [2.75, 3.05) is 70.2 Å². The van der Waals surface area contributed by atoms with Crippen molar-refractivity contribution in [1.82, 2.24) is 29.6 Å². The number of nitrogens with one attached hydrogen (secondary N) is 2. The van der Waals surface area contributed by atoms with Crippen molar-refractivity contribution in [3.8, 4) is 16.9 Å². The maximum atomic E-state index is 5.89. The van der Waals surface area contributed by atoms with E-state index in [2.05, 4.69) is 117 Å². The fraction of sp³-hybridized carbons (Fsp3) is 0.371. The first-order chi connectivity index (χ1) is 22.6. The Morgan fingerprint density at radius 2 is 1.85 bits per heavy atom. The molecule has 47 heavy (non-hydrogen) atoms. The van der Waals surface area contributed by atoms with Crippen molar-refractivity contribution in [1.29, 1.82) is 0 Å². The number of ether oxygens (including phenoxy) is 1. The molecule has 12 heteroatoms. The number of allylic oxidation sites excluding steroid dienone is 2. The predicted octanol–water partition coefficient (Wildman–Crippen LogP) is 5.69. The van der Waals surface area contributed by atoms with Crippen LogP contribution in [0.3, 0.4) is 0 Å². The molecule has 0 unspecified atom stereocenters. The second kappa shape index (κ2) is 14.1. The molecule has 4 aromatic rings. The van der Waals surface area contributed by atoms with Crippen molar-refractivity contribution >= 4 is 58.4 Å². The molecule has 0 radical (unpaired) electrons. The van der Waals surface area contributed by atoms with Crippen LogP contribution in [0, 0.1) is 0 Å². The normalized spacial score (nSPS) is 14.4. The van der Waals surface area contributed by atoms with Crippen molar-refractivity contribution in [2.24, 2.45) is 7.05 Å². The second-order valence-corrected chi connectivity index (χ2v) is 15.8. The van der Waals surface area contributed by atoms with Gasteiger partial charge in [-0.2, -0.15) is 10.1 Å². The van der Waals surface area contributed by atoms with E-state index in [1.165, 1.54) is 29.1 Å². The van der Waals surface area contributed by atoms with E-state index in [9.17, 15) is 0 Å². The van der Waals surface area contributed by atoms with Crippen LogP contribution in [0.15, 0.2) is 59.1 Å². The number of anilines is 4. The minimum absolute atomic E-state index is 0.327. The Morgan fingerprint density at radius 1 is 1.04 bits per heavy atom. The molecule has 2 aliphatic rings. The van der Waals surface area contributed by atoms with E-state index in [0.717, 1.165) is 57.5 Å². The fourth-order valence-corrected chi connectivity index (χ4v) is 7.12. The summed E-state index contributed by atoms with van der Waals surface area (Å²) in [4.78, 5) is 19.0. The Bertz CT molecular complexity index is 1930. The zero-order chi connectivity index (χ0) is 33.2. The van der Waals surface area contributed by atoms with Gasteiger partial charge in [0.05, 0.1) is 28.8 Å². The molecule has 3 aromatic heterocycles. The van der Waals surface area contributed by atoms with Crippen LogP contribution < -0.4 is 30.8 Å². The van der Waals surface area contributed by atoms with Gasteiger partial charge in [0.2, 0.25) is 5.95 Å².